The first-order valence-electron chi connectivity index (χ1n) is 5.62. The molecule has 0 spiro atoms. The SMILES string of the molecule is CCCN1C(=O)S/C(=C/c2ccc(F)cc2)C1=O. The van der Waals surface area contributed by atoms with Gasteiger partial charge in [-0.1, -0.05) is 19.1 Å². The zero-order valence-corrected chi connectivity index (χ0v) is 10.7. The molecule has 0 atom stereocenters. The molecule has 1 fully saturated rings. The Morgan fingerprint density at radius 1 is 1.28 bits per heavy atom. The Labute approximate surface area is 109 Å². The lowest BCUT2D eigenvalue weighted by Crippen LogP contribution is -2.28. The van der Waals surface area contributed by atoms with Crippen molar-refractivity contribution < 1.29 is 14.0 Å². The van der Waals surface area contributed by atoms with Crippen LogP contribution in [-0.2, 0) is 4.79 Å². The van der Waals surface area contributed by atoms with Crippen molar-refractivity contribution in [3.8, 4) is 0 Å². The van der Waals surface area contributed by atoms with Crippen LogP contribution in [0.5, 0.6) is 0 Å². The summed E-state index contributed by atoms with van der Waals surface area (Å²) < 4.78 is 12.7. The number of nitrogens with zero attached hydrogens (tertiary/aromatic N) is 1. The fraction of sp³-hybridized carbons (Fsp3) is 0.231. The van der Waals surface area contributed by atoms with Crippen LogP contribution >= 0.6 is 11.8 Å². The number of benzene rings is 1. The summed E-state index contributed by atoms with van der Waals surface area (Å²) in [6.45, 7) is 2.35. The van der Waals surface area contributed by atoms with E-state index in [2.05, 4.69) is 0 Å². The summed E-state index contributed by atoms with van der Waals surface area (Å²) in [5.74, 6) is -0.595. The second-order valence-electron chi connectivity index (χ2n) is 3.88. The maximum atomic E-state index is 12.7. The van der Waals surface area contributed by atoms with Crippen LogP contribution in [0.3, 0.4) is 0 Å². The van der Waals surface area contributed by atoms with Crippen molar-refractivity contribution in [2.75, 3.05) is 6.54 Å². The monoisotopic (exact) mass is 265 g/mol. The van der Waals surface area contributed by atoms with Gasteiger partial charge in [-0.15, -0.1) is 0 Å². The smallest absolute Gasteiger partial charge is 0.268 e. The van der Waals surface area contributed by atoms with Gasteiger partial charge in [0.25, 0.3) is 11.1 Å². The third-order valence-electron chi connectivity index (χ3n) is 2.49. The molecule has 0 radical (unpaired) electrons. The Morgan fingerprint density at radius 3 is 2.56 bits per heavy atom. The average molecular weight is 265 g/mol. The highest BCUT2D eigenvalue weighted by Crippen LogP contribution is 2.32. The van der Waals surface area contributed by atoms with Crippen LogP contribution in [0, 0.1) is 5.82 Å². The molecule has 1 aliphatic heterocycles. The highest BCUT2D eigenvalue weighted by atomic mass is 32.2. The zero-order chi connectivity index (χ0) is 13.1. The Morgan fingerprint density at radius 2 is 1.94 bits per heavy atom. The molecule has 0 bridgehead atoms. The lowest BCUT2D eigenvalue weighted by molar-refractivity contribution is -0.122. The molecule has 2 rings (SSSR count). The van der Waals surface area contributed by atoms with Crippen molar-refractivity contribution in [1.82, 2.24) is 4.90 Å². The second-order valence-corrected chi connectivity index (χ2v) is 4.88. The molecule has 0 aliphatic carbocycles. The molecule has 18 heavy (non-hydrogen) atoms. The molecule has 0 unspecified atom stereocenters. The van der Waals surface area contributed by atoms with E-state index in [4.69, 9.17) is 0 Å². The summed E-state index contributed by atoms with van der Waals surface area (Å²) in [4.78, 5) is 25.1. The number of thioether (sulfide) groups is 1. The molecule has 0 N–H and O–H groups in total. The summed E-state index contributed by atoms with van der Waals surface area (Å²) in [6, 6.07) is 5.79. The van der Waals surface area contributed by atoms with E-state index < -0.39 is 0 Å². The first-order chi connectivity index (χ1) is 8.61. The van der Waals surface area contributed by atoms with Crippen LogP contribution in [0.2, 0.25) is 0 Å². The lowest BCUT2D eigenvalue weighted by atomic mass is 10.2. The molecule has 1 aromatic carbocycles. The Kier molecular flexibility index (Phi) is 3.81. The van der Waals surface area contributed by atoms with Crippen molar-refractivity contribution in [2.45, 2.75) is 13.3 Å². The van der Waals surface area contributed by atoms with Crippen LogP contribution in [0.15, 0.2) is 29.2 Å². The van der Waals surface area contributed by atoms with Gasteiger partial charge in [0.1, 0.15) is 5.82 Å². The van der Waals surface area contributed by atoms with Gasteiger partial charge in [0, 0.05) is 6.54 Å². The van der Waals surface area contributed by atoms with Crippen LogP contribution in [0.4, 0.5) is 9.18 Å². The van der Waals surface area contributed by atoms with Crippen LogP contribution in [0.1, 0.15) is 18.9 Å². The molecule has 0 saturated carbocycles. The van der Waals surface area contributed by atoms with Gasteiger partial charge in [0.2, 0.25) is 0 Å². The average Bonchev–Trinajstić information content (AvgIpc) is 2.60. The fourth-order valence-corrected chi connectivity index (χ4v) is 2.49. The quantitative estimate of drug-likeness (QED) is 0.787. The molecule has 94 valence electrons. The normalized spacial score (nSPS) is 17.9. The largest absolute Gasteiger partial charge is 0.293 e. The van der Waals surface area contributed by atoms with Gasteiger partial charge in [-0.05, 0) is 42.0 Å². The van der Waals surface area contributed by atoms with Gasteiger partial charge in [-0.3, -0.25) is 14.5 Å². The van der Waals surface area contributed by atoms with E-state index in [1.807, 2.05) is 6.92 Å². The van der Waals surface area contributed by atoms with Crippen molar-refractivity contribution >= 4 is 29.0 Å². The van der Waals surface area contributed by atoms with E-state index in [0.29, 0.717) is 17.0 Å². The van der Waals surface area contributed by atoms with E-state index in [1.54, 1.807) is 18.2 Å². The van der Waals surface area contributed by atoms with Crippen molar-refractivity contribution in [2.24, 2.45) is 0 Å². The number of amides is 2. The number of rotatable bonds is 3. The third kappa shape index (κ3) is 2.61. The number of carbonyl (C=O) groups is 2. The number of hydrogen-bond acceptors (Lipinski definition) is 3. The number of carbonyl (C=O) groups excluding carboxylic acids is 2. The first-order valence-corrected chi connectivity index (χ1v) is 6.44. The van der Waals surface area contributed by atoms with E-state index in [0.717, 1.165) is 18.2 Å². The van der Waals surface area contributed by atoms with Gasteiger partial charge >= 0.3 is 0 Å². The number of imide groups is 1. The fourth-order valence-electron chi connectivity index (χ4n) is 1.63. The van der Waals surface area contributed by atoms with E-state index in [1.165, 1.54) is 17.0 Å². The predicted octanol–water partition coefficient (Wildman–Crippen LogP) is 3.27. The lowest BCUT2D eigenvalue weighted by Gasteiger charge is -2.09. The van der Waals surface area contributed by atoms with Crippen LogP contribution < -0.4 is 0 Å². The van der Waals surface area contributed by atoms with Crippen molar-refractivity contribution in [3.63, 3.8) is 0 Å². The Hall–Kier alpha value is -1.62. The standard InChI is InChI=1S/C13H12FNO2S/c1-2-7-15-12(16)11(18-13(15)17)8-9-3-5-10(14)6-4-9/h3-6,8H,2,7H2,1H3/b11-8+. The maximum absolute atomic E-state index is 12.7. The summed E-state index contributed by atoms with van der Waals surface area (Å²) in [7, 11) is 0. The van der Waals surface area contributed by atoms with Crippen LogP contribution in [-0.4, -0.2) is 22.6 Å². The van der Waals surface area contributed by atoms with E-state index >= 15 is 0 Å². The molecule has 1 aliphatic rings. The topological polar surface area (TPSA) is 37.4 Å². The van der Waals surface area contributed by atoms with Crippen LogP contribution in [0.25, 0.3) is 6.08 Å². The van der Waals surface area contributed by atoms with E-state index in [-0.39, 0.29) is 17.0 Å². The molecular formula is C13H12FNO2S. The molecular weight excluding hydrogens is 253 g/mol. The predicted molar refractivity (Wildman–Crippen MR) is 69.4 cm³/mol. The Bertz CT molecular complexity index is 510. The Balaban J connectivity index is 2.22. The molecule has 2 amide bonds. The molecule has 5 heteroatoms. The number of hydrogen-bond donors (Lipinski definition) is 0. The molecule has 3 nitrogen and oxygen atoms in total. The molecule has 0 aromatic heterocycles. The molecule has 1 saturated heterocycles. The van der Waals surface area contributed by atoms with Crippen molar-refractivity contribution in [3.05, 3.63) is 40.6 Å². The highest BCUT2D eigenvalue weighted by molar-refractivity contribution is 8.18. The van der Waals surface area contributed by atoms with Crippen molar-refractivity contribution in [1.29, 1.82) is 0 Å². The highest BCUT2D eigenvalue weighted by Gasteiger charge is 2.34. The number of halogens is 1. The summed E-state index contributed by atoms with van der Waals surface area (Å²) >= 11 is 0.926. The maximum Gasteiger partial charge on any atom is 0.293 e. The minimum absolute atomic E-state index is 0.241. The van der Waals surface area contributed by atoms with Gasteiger partial charge in [-0.2, -0.15) is 0 Å². The second kappa shape index (κ2) is 5.35. The first kappa shape index (κ1) is 12.8. The zero-order valence-electron chi connectivity index (χ0n) is 9.85. The minimum atomic E-state index is -0.328. The summed E-state index contributed by atoms with van der Waals surface area (Å²) in [5, 5.41) is -0.241. The molecule has 1 aromatic rings. The summed E-state index contributed by atoms with van der Waals surface area (Å²) in [6.07, 6.45) is 2.35. The summed E-state index contributed by atoms with van der Waals surface area (Å²) in [5.41, 5.74) is 0.707. The van der Waals surface area contributed by atoms with Gasteiger partial charge < -0.3 is 0 Å². The minimum Gasteiger partial charge on any atom is -0.268 e. The third-order valence-corrected chi connectivity index (χ3v) is 3.40. The van der Waals surface area contributed by atoms with Gasteiger partial charge in [0.15, 0.2) is 0 Å². The van der Waals surface area contributed by atoms with Gasteiger partial charge in [-0.25, -0.2) is 4.39 Å². The van der Waals surface area contributed by atoms with Gasteiger partial charge in [0.05, 0.1) is 4.91 Å². The van der Waals surface area contributed by atoms with E-state index in [9.17, 15) is 14.0 Å². The molecule has 1 heterocycles.